The second-order valence-electron chi connectivity index (χ2n) is 4.76. The summed E-state index contributed by atoms with van der Waals surface area (Å²) in [6.45, 7) is 3.73. The van der Waals surface area contributed by atoms with Crippen molar-refractivity contribution in [2.45, 2.75) is 18.9 Å². The highest BCUT2D eigenvalue weighted by molar-refractivity contribution is 5.89. The highest BCUT2D eigenvalue weighted by Gasteiger charge is 2.29. The minimum atomic E-state index is -0.217. The Labute approximate surface area is 106 Å². The molecule has 0 aliphatic carbocycles. The van der Waals surface area contributed by atoms with Crippen molar-refractivity contribution in [3.63, 3.8) is 0 Å². The third-order valence-electron chi connectivity index (χ3n) is 3.06. The Morgan fingerprint density at radius 3 is 2.72 bits per heavy atom. The minimum Gasteiger partial charge on any atom is -0.331 e. The predicted octanol–water partition coefficient (Wildman–Crippen LogP) is 1.43. The van der Waals surface area contributed by atoms with E-state index < -0.39 is 0 Å². The molecule has 0 bridgehead atoms. The fourth-order valence-corrected chi connectivity index (χ4v) is 1.99. The number of nitrogens with zero attached hydrogens (tertiary/aromatic N) is 1. The van der Waals surface area contributed by atoms with Gasteiger partial charge in [0.05, 0.1) is 17.2 Å². The van der Waals surface area contributed by atoms with E-state index >= 15 is 0 Å². The van der Waals surface area contributed by atoms with Gasteiger partial charge in [-0.05, 0) is 44.2 Å². The van der Waals surface area contributed by atoms with Crippen LogP contribution in [-0.2, 0) is 0 Å². The molecule has 1 aliphatic heterocycles. The van der Waals surface area contributed by atoms with E-state index in [2.05, 4.69) is 16.0 Å². The third-order valence-corrected chi connectivity index (χ3v) is 3.06. The Balaban J connectivity index is 1.92. The Hall–Kier alpha value is -2.06. The van der Waals surface area contributed by atoms with E-state index in [1.54, 1.807) is 24.3 Å². The van der Waals surface area contributed by atoms with Crippen LogP contribution in [-0.4, -0.2) is 24.7 Å². The highest BCUT2D eigenvalue weighted by Crippen LogP contribution is 2.14. The van der Waals surface area contributed by atoms with Crippen LogP contribution in [0.5, 0.6) is 0 Å². The summed E-state index contributed by atoms with van der Waals surface area (Å²) in [5, 5.41) is 17.6. The van der Waals surface area contributed by atoms with Gasteiger partial charge in [-0.2, -0.15) is 5.26 Å². The van der Waals surface area contributed by atoms with E-state index in [1.807, 2.05) is 13.0 Å². The maximum atomic E-state index is 11.8. The number of rotatable bonds is 2. The first kappa shape index (κ1) is 12.4. The summed E-state index contributed by atoms with van der Waals surface area (Å²) in [5.41, 5.74) is 1.07. The lowest BCUT2D eigenvalue weighted by molar-refractivity contribution is 0.241. The van der Waals surface area contributed by atoms with E-state index in [0.717, 1.165) is 19.5 Å². The molecule has 1 heterocycles. The number of carbonyl (C=O) groups excluding carboxylic acids is 1. The van der Waals surface area contributed by atoms with E-state index in [9.17, 15) is 4.79 Å². The molecule has 1 aliphatic rings. The van der Waals surface area contributed by atoms with Gasteiger partial charge in [-0.1, -0.05) is 0 Å². The lowest BCUT2D eigenvalue weighted by atomic mass is 10.0. The fourth-order valence-electron chi connectivity index (χ4n) is 1.99. The molecule has 0 saturated carbocycles. The van der Waals surface area contributed by atoms with Gasteiger partial charge in [0.2, 0.25) is 0 Å². The first-order valence-electron chi connectivity index (χ1n) is 5.91. The van der Waals surface area contributed by atoms with E-state index in [1.165, 1.54) is 0 Å². The van der Waals surface area contributed by atoms with Gasteiger partial charge in [-0.25, -0.2) is 4.79 Å². The normalized spacial score (nSPS) is 22.2. The van der Waals surface area contributed by atoms with Gasteiger partial charge in [0.25, 0.3) is 0 Å². The Kier molecular flexibility index (Phi) is 3.49. The molecule has 3 N–H and O–H groups in total. The van der Waals surface area contributed by atoms with Crippen LogP contribution in [0.1, 0.15) is 18.9 Å². The van der Waals surface area contributed by atoms with Crippen molar-refractivity contribution in [3.05, 3.63) is 29.8 Å². The molecule has 0 radical (unpaired) electrons. The van der Waals surface area contributed by atoms with Crippen molar-refractivity contribution in [2.24, 2.45) is 0 Å². The number of nitrogens with one attached hydrogen (secondary N) is 3. The Morgan fingerprint density at radius 2 is 2.17 bits per heavy atom. The van der Waals surface area contributed by atoms with E-state index in [0.29, 0.717) is 11.3 Å². The molecule has 18 heavy (non-hydrogen) atoms. The fraction of sp³-hybridized carbons (Fsp3) is 0.385. The maximum Gasteiger partial charge on any atom is 0.319 e. The number of carbonyl (C=O) groups is 1. The summed E-state index contributed by atoms with van der Waals surface area (Å²) in [6, 6.07) is 8.60. The van der Waals surface area contributed by atoms with Crippen LogP contribution < -0.4 is 16.0 Å². The van der Waals surface area contributed by atoms with Gasteiger partial charge >= 0.3 is 6.03 Å². The molecule has 1 saturated heterocycles. The molecule has 94 valence electrons. The van der Waals surface area contributed by atoms with Gasteiger partial charge in [0.15, 0.2) is 0 Å². The van der Waals surface area contributed by atoms with E-state index in [4.69, 9.17) is 5.26 Å². The molecule has 1 aromatic rings. The number of benzene rings is 1. The molecule has 0 spiro atoms. The number of amides is 2. The standard InChI is InChI=1S/C13H16N4O/c1-13(6-7-15-9-13)17-12(18)16-11-4-2-10(8-14)3-5-11/h2-5,15H,6-7,9H2,1H3,(H2,16,17,18). The van der Waals surface area contributed by atoms with Gasteiger partial charge in [0.1, 0.15) is 0 Å². The zero-order chi connectivity index (χ0) is 13.0. The molecule has 5 nitrogen and oxygen atoms in total. The molecular weight excluding hydrogens is 228 g/mol. The van der Waals surface area contributed by atoms with Crippen LogP contribution >= 0.6 is 0 Å². The van der Waals surface area contributed by atoms with Gasteiger partial charge in [-0.15, -0.1) is 0 Å². The predicted molar refractivity (Wildman–Crippen MR) is 69.2 cm³/mol. The van der Waals surface area contributed by atoms with Gasteiger partial charge in [-0.3, -0.25) is 0 Å². The minimum absolute atomic E-state index is 0.184. The largest absolute Gasteiger partial charge is 0.331 e. The number of hydrogen-bond acceptors (Lipinski definition) is 3. The molecule has 2 rings (SSSR count). The third kappa shape index (κ3) is 2.99. The number of hydrogen-bond donors (Lipinski definition) is 3. The topological polar surface area (TPSA) is 77.0 Å². The van der Waals surface area contributed by atoms with Crippen LogP contribution in [0.4, 0.5) is 10.5 Å². The highest BCUT2D eigenvalue weighted by atomic mass is 16.2. The quantitative estimate of drug-likeness (QED) is 0.736. The Morgan fingerprint density at radius 1 is 1.44 bits per heavy atom. The summed E-state index contributed by atoms with van der Waals surface area (Å²) < 4.78 is 0. The summed E-state index contributed by atoms with van der Waals surface area (Å²) in [4.78, 5) is 11.8. The van der Waals surface area contributed by atoms with Crippen LogP contribution in [0.3, 0.4) is 0 Å². The summed E-state index contributed by atoms with van der Waals surface area (Å²) in [6.07, 6.45) is 0.924. The molecule has 0 aromatic heterocycles. The second-order valence-corrected chi connectivity index (χ2v) is 4.76. The molecular formula is C13H16N4O. The average Bonchev–Trinajstić information content (AvgIpc) is 2.76. The van der Waals surface area contributed by atoms with Crippen molar-refractivity contribution in [3.8, 4) is 6.07 Å². The van der Waals surface area contributed by atoms with Crippen molar-refractivity contribution < 1.29 is 4.79 Å². The summed E-state index contributed by atoms with van der Waals surface area (Å²) in [5.74, 6) is 0. The van der Waals surface area contributed by atoms with Crippen LogP contribution in [0, 0.1) is 11.3 Å². The molecule has 1 fully saturated rings. The van der Waals surface area contributed by atoms with Crippen molar-refractivity contribution in [1.82, 2.24) is 10.6 Å². The molecule has 2 amide bonds. The monoisotopic (exact) mass is 244 g/mol. The zero-order valence-corrected chi connectivity index (χ0v) is 10.3. The van der Waals surface area contributed by atoms with Crippen molar-refractivity contribution in [1.29, 1.82) is 5.26 Å². The molecule has 1 aromatic carbocycles. The number of nitriles is 1. The summed E-state index contributed by atoms with van der Waals surface area (Å²) >= 11 is 0. The van der Waals surface area contributed by atoms with Crippen molar-refractivity contribution in [2.75, 3.05) is 18.4 Å². The first-order valence-corrected chi connectivity index (χ1v) is 5.91. The van der Waals surface area contributed by atoms with E-state index in [-0.39, 0.29) is 11.6 Å². The number of urea groups is 1. The second kappa shape index (κ2) is 5.07. The molecule has 1 atom stereocenters. The van der Waals surface area contributed by atoms with Crippen LogP contribution in [0.2, 0.25) is 0 Å². The Bertz CT molecular complexity index is 469. The van der Waals surface area contributed by atoms with Gasteiger partial charge < -0.3 is 16.0 Å². The van der Waals surface area contributed by atoms with Gasteiger partial charge in [0, 0.05) is 12.2 Å². The lowest BCUT2D eigenvalue weighted by Crippen LogP contribution is -2.49. The van der Waals surface area contributed by atoms with Crippen LogP contribution in [0.25, 0.3) is 0 Å². The van der Waals surface area contributed by atoms with Crippen LogP contribution in [0.15, 0.2) is 24.3 Å². The summed E-state index contributed by atoms with van der Waals surface area (Å²) in [7, 11) is 0. The molecule has 5 heteroatoms. The smallest absolute Gasteiger partial charge is 0.319 e. The average molecular weight is 244 g/mol. The number of anilines is 1. The molecule has 1 unspecified atom stereocenters. The lowest BCUT2D eigenvalue weighted by Gasteiger charge is -2.24. The van der Waals surface area contributed by atoms with Crippen molar-refractivity contribution >= 4 is 11.7 Å². The zero-order valence-electron chi connectivity index (χ0n) is 10.3. The first-order chi connectivity index (χ1) is 8.61. The maximum absolute atomic E-state index is 11.8. The SMILES string of the molecule is CC1(NC(=O)Nc2ccc(C#N)cc2)CCNC1.